The van der Waals surface area contributed by atoms with Crippen molar-refractivity contribution in [2.45, 2.75) is 33.6 Å². The summed E-state index contributed by atoms with van der Waals surface area (Å²) in [6, 6.07) is 18.6. The van der Waals surface area contributed by atoms with Crippen LogP contribution in [0, 0.1) is 19.9 Å². The molecule has 4 nitrogen and oxygen atoms in total. The number of hydrogen-bond donors (Lipinski definition) is 1. The van der Waals surface area contributed by atoms with E-state index in [1.807, 2.05) is 50.2 Å². The molecule has 0 unspecified atom stereocenters. The fourth-order valence-corrected chi connectivity index (χ4v) is 4.74. The Bertz CT molecular complexity index is 2080. The second-order valence-corrected chi connectivity index (χ2v) is 9.97. The number of aryl methyl sites for hydroxylation is 2. The summed E-state index contributed by atoms with van der Waals surface area (Å²) in [4.78, 5) is 9.40. The molecule has 2 aromatic heterocycles. The molecule has 0 bridgehead atoms. The van der Waals surface area contributed by atoms with Gasteiger partial charge in [0.1, 0.15) is 11.3 Å². The zero-order chi connectivity index (χ0) is 31.4. The van der Waals surface area contributed by atoms with E-state index in [1.54, 1.807) is 18.3 Å². The predicted octanol–water partition coefficient (Wildman–Crippen LogP) is 9.13. The minimum Gasteiger partial charge on any atom is -0.507 e. The van der Waals surface area contributed by atoms with Crippen LogP contribution in [0.5, 0.6) is 5.75 Å². The van der Waals surface area contributed by atoms with Gasteiger partial charge in [-0.1, -0.05) is 79.5 Å². The number of phenols is 1. The number of aromatic hydroxyl groups is 1. The van der Waals surface area contributed by atoms with Crippen molar-refractivity contribution in [3.05, 3.63) is 114 Å². The van der Waals surface area contributed by atoms with Gasteiger partial charge in [-0.05, 0) is 60.2 Å². The monoisotopic (exact) mass is 709 g/mol. The van der Waals surface area contributed by atoms with Gasteiger partial charge in [-0.2, -0.15) is 0 Å². The fraction of sp³-hybridized carbons (Fsp3) is 0.143. The van der Waals surface area contributed by atoms with E-state index in [-0.39, 0.29) is 62.5 Å². The van der Waals surface area contributed by atoms with Crippen molar-refractivity contribution in [3.8, 4) is 50.7 Å². The molecule has 0 aliphatic heterocycles. The van der Waals surface area contributed by atoms with Crippen LogP contribution in [0.1, 0.15) is 43.3 Å². The van der Waals surface area contributed by atoms with Crippen LogP contribution in [0.15, 0.2) is 95.4 Å². The van der Waals surface area contributed by atoms with Crippen LogP contribution >= 0.6 is 0 Å². The van der Waals surface area contributed by atoms with Gasteiger partial charge in [-0.25, -0.2) is 4.98 Å². The number of rotatable bonds is 5. The van der Waals surface area contributed by atoms with Crippen LogP contribution in [0.2, 0.25) is 0 Å². The van der Waals surface area contributed by atoms with Crippen molar-refractivity contribution in [1.29, 1.82) is 0 Å². The Morgan fingerprint density at radius 2 is 1.68 bits per heavy atom. The molecule has 40 heavy (non-hydrogen) atoms. The van der Waals surface area contributed by atoms with Crippen LogP contribution < -0.4 is 0 Å². The molecule has 0 aliphatic carbocycles. The van der Waals surface area contributed by atoms with Crippen molar-refractivity contribution in [2.75, 3.05) is 0 Å². The van der Waals surface area contributed by atoms with E-state index in [2.05, 4.69) is 31.0 Å². The van der Waals surface area contributed by atoms with E-state index in [9.17, 15) is 5.11 Å². The first-order valence-electron chi connectivity index (χ1n) is 15.3. The molecule has 5 heteroatoms. The standard InChI is InChI=1S/C35H29N2O2.Pt/c1-21(2)26-17-27(19-28(18-26)31-20-25(13-14-36-31)24-9-6-5-7-10-24)29-11-8-12-32-33(29)37-35(39-32)30-16-22(3)15-23(4)34(30)38;/h5-18,20-21,38H,1-4H3;/q-1;/i5D,6D,7D,9D,10D;. The summed E-state index contributed by atoms with van der Waals surface area (Å²) in [5.74, 6) is 0.625. The topological polar surface area (TPSA) is 59.2 Å². The minimum atomic E-state index is -0.432. The minimum absolute atomic E-state index is 0. The van der Waals surface area contributed by atoms with Gasteiger partial charge in [-0.15, -0.1) is 29.3 Å². The summed E-state index contributed by atoms with van der Waals surface area (Å²) >= 11 is 0. The van der Waals surface area contributed by atoms with Crippen LogP contribution in [0.25, 0.3) is 56.1 Å². The van der Waals surface area contributed by atoms with Crippen LogP contribution in [-0.2, 0) is 21.1 Å². The zero-order valence-electron chi connectivity index (χ0n) is 27.4. The summed E-state index contributed by atoms with van der Waals surface area (Å²) in [6.45, 7) is 7.99. The largest absolute Gasteiger partial charge is 0.507 e. The number of para-hydroxylation sites is 1. The molecule has 0 saturated carbocycles. The number of hydrogen-bond acceptors (Lipinski definition) is 4. The van der Waals surface area contributed by atoms with Crippen molar-refractivity contribution < 1.29 is 37.4 Å². The van der Waals surface area contributed by atoms with Gasteiger partial charge >= 0.3 is 0 Å². The second kappa shape index (κ2) is 11.2. The van der Waals surface area contributed by atoms with Crippen molar-refractivity contribution in [3.63, 3.8) is 0 Å². The van der Waals surface area contributed by atoms with Crippen molar-refractivity contribution in [2.24, 2.45) is 0 Å². The third-order valence-electron chi connectivity index (χ3n) is 6.77. The zero-order valence-corrected chi connectivity index (χ0v) is 24.7. The molecule has 2 heterocycles. The second-order valence-electron chi connectivity index (χ2n) is 9.97. The molecular weight excluding hydrogens is 675 g/mol. The van der Waals surface area contributed by atoms with Gasteiger partial charge in [0.2, 0.25) is 5.89 Å². The summed E-state index contributed by atoms with van der Waals surface area (Å²) in [7, 11) is 0. The molecule has 0 aliphatic rings. The Balaban J connectivity index is 0.00000400. The van der Waals surface area contributed by atoms with Gasteiger partial charge < -0.3 is 9.52 Å². The van der Waals surface area contributed by atoms with Gasteiger partial charge in [0.25, 0.3) is 0 Å². The summed E-state index contributed by atoms with van der Waals surface area (Å²) in [6.07, 6.45) is 1.57. The van der Waals surface area contributed by atoms with Gasteiger partial charge in [0.05, 0.1) is 17.9 Å². The molecule has 0 radical (unpaired) electrons. The Labute approximate surface area is 256 Å². The van der Waals surface area contributed by atoms with Crippen LogP contribution in [0.4, 0.5) is 0 Å². The molecule has 0 spiro atoms. The molecular formula is C35H29N2O2Pt-. The first kappa shape index (κ1) is 21.8. The molecule has 6 aromatic rings. The first-order chi connectivity index (χ1) is 20.9. The van der Waals surface area contributed by atoms with E-state index < -0.39 is 6.04 Å². The maximum Gasteiger partial charge on any atom is 0.230 e. The van der Waals surface area contributed by atoms with E-state index in [4.69, 9.17) is 16.3 Å². The molecule has 4 aromatic carbocycles. The number of benzene rings is 4. The Morgan fingerprint density at radius 3 is 2.45 bits per heavy atom. The molecule has 0 atom stereocenters. The Hall–Kier alpha value is -4.01. The van der Waals surface area contributed by atoms with E-state index >= 15 is 0 Å². The van der Waals surface area contributed by atoms with Gasteiger partial charge in [0, 0.05) is 33.0 Å². The fourth-order valence-electron chi connectivity index (χ4n) is 4.74. The smallest absolute Gasteiger partial charge is 0.230 e. The first-order valence-corrected chi connectivity index (χ1v) is 12.8. The van der Waals surface area contributed by atoms with Gasteiger partial charge in [-0.3, -0.25) is 4.98 Å². The van der Waals surface area contributed by atoms with Crippen LogP contribution in [-0.4, -0.2) is 15.1 Å². The van der Waals surface area contributed by atoms with E-state index in [0.29, 0.717) is 39.4 Å². The number of oxazole rings is 1. The Morgan fingerprint density at radius 1 is 0.900 bits per heavy atom. The molecule has 1 N–H and O–H groups in total. The van der Waals surface area contributed by atoms with Crippen molar-refractivity contribution >= 4 is 11.1 Å². The maximum absolute atomic E-state index is 10.8. The van der Waals surface area contributed by atoms with Crippen LogP contribution in [0.3, 0.4) is 0 Å². The average Bonchev–Trinajstić information content (AvgIpc) is 3.45. The molecule has 0 amide bonds. The quantitative estimate of drug-likeness (QED) is 0.182. The maximum atomic E-state index is 10.8. The number of pyridine rings is 1. The average molecular weight is 710 g/mol. The summed E-state index contributed by atoms with van der Waals surface area (Å²) in [5.41, 5.74) is 7.88. The predicted molar refractivity (Wildman–Crippen MR) is 158 cm³/mol. The summed E-state index contributed by atoms with van der Waals surface area (Å²) in [5, 5.41) is 10.8. The summed E-state index contributed by atoms with van der Waals surface area (Å²) < 4.78 is 47.1. The van der Waals surface area contributed by atoms with Crippen molar-refractivity contribution in [1.82, 2.24) is 9.97 Å². The molecule has 0 saturated heterocycles. The third-order valence-corrected chi connectivity index (χ3v) is 6.77. The van der Waals surface area contributed by atoms with E-state index in [0.717, 1.165) is 27.8 Å². The third kappa shape index (κ3) is 5.24. The number of fused-ring (bicyclic) bond motifs is 1. The Kier molecular flexibility index (Phi) is 6.11. The van der Waals surface area contributed by atoms with E-state index in [1.165, 1.54) is 0 Å². The number of aromatic nitrogens is 2. The number of phenolic OH excluding ortho intramolecular Hbond substituents is 1. The SMILES string of the molecule is [2H]c1c([2H])c([2H])c(-c2ccnc(-c3[c-]c(-c4cccc5oc(-c6cc(C)cc(C)c6O)nc45)cc(C(C)C)c3)c2)c([2H])c1[2H].[Pt]. The molecule has 6 rings (SSSR count). The molecule has 0 fully saturated rings. The molecule has 202 valence electrons. The number of nitrogens with zero attached hydrogens (tertiary/aromatic N) is 2. The normalized spacial score (nSPS) is 12.9. The van der Waals surface area contributed by atoms with Gasteiger partial charge in [0.15, 0.2) is 0 Å².